The Kier molecular flexibility index (Phi) is 4.56. The van der Waals surface area contributed by atoms with Crippen molar-refractivity contribution in [2.75, 3.05) is 0 Å². The lowest BCUT2D eigenvalue weighted by atomic mass is 10.2. The summed E-state index contributed by atoms with van der Waals surface area (Å²) >= 11 is 4.84. The van der Waals surface area contributed by atoms with E-state index in [9.17, 15) is 0 Å². The Hall–Kier alpha value is -0.930. The highest BCUT2D eigenvalue weighted by Crippen LogP contribution is 1.99. The third-order valence-electron chi connectivity index (χ3n) is 2.00. The van der Waals surface area contributed by atoms with Crippen LogP contribution in [0.3, 0.4) is 0 Å². The van der Waals surface area contributed by atoms with Crippen LogP contribution in [0.1, 0.15) is 18.9 Å². The van der Waals surface area contributed by atoms with Crippen LogP contribution in [0.15, 0.2) is 30.3 Å². The summed E-state index contributed by atoms with van der Waals surface area (Å²) in [7, 11) is 0. The van der Waals surface area contributed by atoms with E-state index in [0.29, 0.717) is 11.0 Å². The van der Waals surface area contributed by atoms with Crippen LogP contribution >= 0.6 is 12.2 Å². The lowest BCUT2D eigenvalue weighted by Gasteiger charge is -2.12. The standard InChI is InChI=1S/C11H16N2S/c1-9(7-11(12)14)13-8-10-5-3-2-4-6-10/h2-6,9,13H,7-8H2,1H3,(H2,12,14). The average Bonchev–Trinajstić information content (AvgIpc) is 2.15. The highest BCUT2D eigenvalue weighted by atomic mass is 32.1. The molecule has 1 unspecified atom stereocenters. The topological polar surface area (TPSA) is 38.0 Å². The van der Waals surface area contributed by atoms with E-state index in [1.54, 1.807) is 0 Å². The van der Waals surface area contributed by atoms with Crippen LogP contribution in [-0.4, -0.2) is 11.0 Å². The molecule has 0 saturated carbocycles. The normalized spacial score (nSPS) is 12.4. The zero-order chi connectivity index (χ0) is 10.4. The molecule has 0 spiro atoms. The van der Waals surface area contributed by atoms with Crippen molar-refractivity contribution in [2.24, 2.45) is 5.73 Å². The zero-order valence-corrected chi connectivity index (χ0v) is 9.18. The van der Waals surface area contributed by atoms with Crippen LogP contribution in [0.25, 0.3) is 0 Å². The molecular weight excluding hydrogens is 192 g/mol. The summed E-state index contributed by atoms with van der Waals surface area (Å²) in [4.78, 5) is 0.568. The van der Waals surface area contributed by atoms with E-state index in [4.69, 9.17) is 18.0 Å². The first-order chi connectivity index (χ1) is 6.68. The number of hydrogen-bond donors (Lipinski definition) is 2. The van der Waals surface area contributed by atoms with Crippen LogP contribution in [0, 0.1) is 0 Å². The first kappa shape index (κ1) is 11.1. The molecule has 0 bridgehead atoms. The number of hydrogen-bond acceptors (Lipinski definition) is 2. The van der Waals surface area contributed by atoms with Crippen molar-refractivity contribution in [3.8, 4) is 0 Å². The molecule has 2 nitrogen and oxygen atoms in total. The third-order valence-corrected chi connectivity index (χ3v) is 2.17. The van der Waals surface area contributed by atoms with Crippen molar-refractivity contribution < 1.29 is 0 Å². The van der Waals surface area contributed by atoms with Gasteiger partial charge in [-0.15, -0.1) is 0 Å². The van der Waals surface area contributed by atoms with Crippen molar-refractivity contribution in [1.82, 2.24) is 5.32 Å². The highest BCUT2D eigenvalue weighted by Gasteiger charge is 2.02. The molecule has 76 valence electrons. The summed E-state index contributed by atoms with van der Waals surface area (Å²) in [6.45, 7) is 2.95. The van der Waals surface area contributed by atoms with Gasteiger partial charge in [-0.1, -0.05) is 42.5 Å². The molecule has 0 aliphatic rings. The molecule has 0 heterocycles. The lowest BCUT2D eigenvalue weighted by molar-refractivity contribution is 0.564. The fourth-order valence-corrected chi connectivity index (χ4v) is 1.51. The van der Waals surface area contributed by atoms with E-state index in [1.165, 1.54) is 5.56 Å². The number of thiocarbonyl (C=S) groups is 1. The maximum absolute atomic E-state index is 5.45. The molecule has 0 saturated heterocycles. The van der Waals surface area contributed by atoms with Gasteiger partial charge >= 0.3 is 0 Å². The van der Waals surface area contributed by atoms with Crippen molar-refractivity contribution >= 4 is 17.2 Å². The summed E-state index contributed by atoms with van der Waals surface area (Å²) in [6.07, 6.45) is 0.752. The minimum absolute atomic E-state index is 0.340. The molecule has 1 aromatic rings. The molecule has 14 heavy (non-hydrogen) atoms. The molecule has 0 aliphatic heterocycles. The van der Waals surface area contributed by atoms with Crippen LogP contribution < -0.4 is 11.1 Å². The fourth-order valence-electron chi connectivity index (χ4n) is 1.26. The Balaban J connectivity index is 2.30. The second-order valence-corrected chi connectivity index (χ2v) is 3.96. The third kappa shape index (κ3) is 4.35. The van der Waals surface area contributed by atoms with E-state index in [0.717, 1.165) is 13.0 Å². The second-order valence-electron chi connectivity index (χ2n) is 3.44. The van der Waals surface area contributed by atoms with Gasteiger partial charge in [-0.3, -0.25) is 0 Å². The predicted octanol–water partition coefficient (Wildman–Crippen LogP) is 1.84. The summed E-state index contributed by atoms with van der Waals surface area (Å²) in [5.41, 5.74) is 6.73. The minimum atomic E-state index is 0.340. The number of nitrogens with one attached hydrogen (secondary N) is 1. The van der Waals surface area contributed by atoms with Crippen LogP contribution in [0.4, 0.5) is 0 Å². The molecule has 0 amide bonds. The number of nitrogens with two attached hydrogens (primary N) is 1. The molecule has 3 heteroatoms. The summed E-state index contributed by atoms with van der Waals surface area (Å²) in [5, 5.41) is 3.36. The van der Waals surface area contributed by atoms with Gasteiger partial charge in [-0.05, 0) is 12.5 Å². The fraction of sp³-hybridized carbons (Fsp3) is 0.364. The first-order valence-electron chi connectivity index (χ1n) is 4.74. The monoisotopic (exact) mass is 208 g/mol. The summed E-state index contributed by atoms with van der Waals surface area (Å²) < 4.78 is 0. The second kappa shape index (κ2) is 5.73. The number of rotatable bonds is 5. The van der Waals surface area contributed by atoms with E-state index < -0.39 is 0 Å². The van der Waals surface area contributed by atoms with Gasteiger partial charge in [-0.25, -0.2) is 0 Å². The van der Waals surface area contributed by atoms with Crippen molar-refractivity contribution in [3.05, 3.63) is 35.9 Å². The van der Waals surface area contributed by atoms with Crippen molar-refractivity contribution in [3.63, 3.8) is 0 Å². The molecule has 1 atom stereocenters. The molecule has 1 rings (SSSR count). The van der Waals surface area contributed by atoms with Gasteiger partial charge in [0.25, 0.3) is 0 Å². The molecule has 0 aromatic heterocycles. The van der Waals surface area contributed by atoms with Gasteiger partial charge in [-0.2, -0.15) is 0 Å². The maximum atomic E-state index is 5.45. The lowest BCUT2D eigenvalue weighted by Crippen LogP contribution is -2.29. The molecule has 1 aromatic carbocycles. The molecule has 3 N–H and O–H groups in total. The molecule has 0 aliphatic carbocycles. The van der Waals surface area contributed by atoms with E-state index in [-0.39, 0.29) is 0 Å². The van der Waals surface area contributed by atoms with Crippen LogP contribution in [0.2, 0.25) is 0 Å². The summed E-state index contributed by atoms with van der Waals surface area (Å²) in [5.74, 6) is 0. The van der Waals surface area contributed by atoms with Gasteiger partial charge in [0.2, 0.25) is 0 Å². The summed E-state index contributed by atoms with van der Waals surface area (Å²) in [6, 6.07) is 10.6. The van der Waals surface area contributed by atoms with E-state index in [2.05, 4.69) is 24.4 Å². The van der Waals surface area contributed by atoms with Gasteiger partial charge in [0.1, 0.15) is 0 Å². The molecular formula is C11H16N2S. The predicted molar refractivity (Wildman–Crippen MR) is 64.1 cm³/mol. The Labute approximate surface area is 90.5 Å². The Morgan fingerprint density at radius 3 is 2.64 bits per heavy atom. The van der Waals surface area contributed by atoms with E-state index >= 15 is 0 Å². The van der Waals surface area contributed by atoms with Crippen molar-refractivity contribution in [1.29, 1.82) is 0 Å². The molecule has 0 radical (unpaired) electrons. The number of benzene rings is 1. The van der Waals surface area contributed by atoms with Gasteiger partial charge in [0, 0.05) is 19.0 Å². The van der Waals surface area contributed by atoms with Crippen LogP contribution in [-0.2, 0) is 6.54 Å². The van der Waals surface area contributed by atoms with Gasteiger partial charge in [0.15, 0.2) is 0 Å². The first-order valence-corrected chi connectivity index (χ1v) is 5.15. The van der Waals surface area contributed by atoms with E-state index in [1.807, 2.05) is 18.2 Å². The van der Waals surface area contributed by atoms with Crippen LogP contribution in [0.5, 0.6) is 0 Å². The molecule has 0 fully saturated rings. The van der Waals surface area contributed by atoms with Gasteiger partial charge < -0.3 is 11.1 Å². The highest BCUT2D eigenvalue weighted by molar-refractivity contribution is 7.80. The largest absolute Gasteiger partial charge is 0.393 e. The average molecular weight is 208 g/mol. The Morgan fingerprint density at radius 1 is 1.43 bits per heavy atom. The Morgan fingerprint density at radius 2 is 2.07 bits per heavy atom. The van der Waals surface area contributed by atoms with Gasteiger partial charge in [0.05, 0.1) is 4.99 Å². The zero-order valence-electron chi connectivity index (χ0n) is 8.36. The SMILES string of the molecule is CC(CC(N)=S)NCc1ccccc1. The smallest absolute Gasteiger partial charge is 0.0742 e. The quantitative estimate of drug-likeness (QED) is 0.725. The Bertz CT molecular complexity index is 285. The van der Waals surface area contributed by atoms with Crippen molar-refractivity contribution in [2.45, 2.75) is 25.9 Å². The minimum Gasteiger partial charge on any atom is -0.393 e. The maximum Gasteiger partial charge on any atom is 0.0742 e.